The van der Waals surface area contributed by atoms with Gasteiger partial charge in [0.1, 0.15) is 0 Å². The molecule has 0 saturated carbocycles. The first-order valence-corrected chi connectivity index (χ1v) is 19.7. The van der Waals surface area contributed by atoms with E-state index in [0.29, 0.717) is 5.82 Å². The average Bonchev–Trinajstić information content (AvgIpc) is 3.30. The molecule has 12 aromatic rings. The molecule has 0 bridgehead atoms. The Morgan fingerprint density at radius 2 is 0.810 bits per heavy atom. The van der Waals surface area contributed by atoms with E-state index >= 15 is 0 Å². The van der Waals surface area contributed by atoms with Crippen LogP contribution in [0.2, 0.25) is 0 Å². The van der Waals surface area contributed by atoms with Crippen LogP contribution >= 0.6 is 0 Å². The van der Waals surface area contributed by atoms with Crippen molar-refractivity contribution in [3.63, 3.8) is 0 Å². The van der Waals surface area contributed by atoms with Gasteiger partial charge in [-0.05, 0) is 112 Å². The summed E-state index contributed by atoms with van der Waals surface area (Å²) in [6.07, 6.45) is 3.70. The minimum atomic E-state index is 0.696. The van der Waals surface area contributed by atoms with E-state index in [9.17, 15) is 0 Å². The van der Waals surface area contributed by atoms with Crippen molar-refractivity contribution in [2.24, 2.45) is 0 Å². The molecule has 0 atom stereocenters. The van der Waals surface area contributed by atoms with E-state index in [-0.39, 0.29) is 0 Å². The number of aromatic nitrogens is 3. The van der Waals surface area contributed by atoms with Gasteiger partial charge in [-0.15, -0.1) is 0 Å². The van der Waals surface area contributed by atoms with Gasteiger partial charge in [0.2, 0.25) is 0 Å². The largest absolute Gasteiger partial charge is 0.264 e. The van der Waals surface area contributed by atoms with Gasteiger partial charge in [0.25, 0.3) is 0 Å². The molecule has 0 saturated heterocycles. The number of fused-ring (bicyclic) bond motifs is 2. The fourth-order valence-electron chi connectivity index (χ4n) is 9.14. The fourth-order valence-corrected chi connectivity index (χ4v) is 9.14. The number of hydrogen-bond acceptors (Lipinski definition) is 3. The van der Waals surface area contributed by atoms with E-state index in [2.05, 4.69) is 169 Å². The highest BCUT2D eigenvalue weighted by molar-refractivity contribution is 6.37. The second-order valence-electron chi connectivity index (χ2n) is 15.2. The van der Waals surface area contributed by atoms with E-state index < -0.39 is 0 Å². The number of benzene rings is 9. The predicted molar refractivity (Wildman–Crippen MR) is 243 cm³/mol. The molecule has 0 amide bonds. The van der Waals surface area contributed by atoms with Gasteiger partial charge in [-0.2, -0.15) is 0 Å². The minimum absolute atomic E-state index is 0.696. The van der Waals surface area contributed by atoms with Crippen LogP contribution in [0.3, 0.4) is 0 Å². The summed E-state index contributed by atoms with van der Waals surface area (Å²) in [6.45, 7) is 0. The van der Waals surface area contributed by atoms with Crippen molar-refractivity contribution in [3.05, 3.63) is 200 Å². The molecule has 3 nitrogen and oxygen atoms in total. The summed E-state index contributed by atoms with van der Waals surface area (Å²) in [4.78, 5) is 14.6. The van der Waals surface area contributed by atoms with Gasteiger partial charge < -0.3 is 0 Å². The normalized spacial score (nSPS) is 11.8. The Bertz CT molecular complexity index is 3530. The lowest BCUT2D eigenvalue weighted by atomic mass is 9.86. The zero-order valence-electron chi connectivity index (χ0n) is 31.4. The van der Waals surface area contributed by atoms with Crippen molar-refractivity contribution in [1.29, 1.82) is 0 Å². The van der Waals surface area contributed by atoms with Crippen LogP contribution in [0, 0.1) is 0 Å². The Labute approximate surface area is 334 Å². The fraction of sp³-hybridized carbons (Fsp3) is 0. The first-order valence-electron chi connectivity index (χ1n) is 19.7. The van der Waals surface area contributed by atoms with Gasteiger partial charge in [-0.1, -0.05) is 158 Å². The van der Waals surface area contributed by atoms with Crippen LogP contribution in [0.1, 0.15) is 0 Å². The molecule has 58 heavy (non-hydrogen) atoms. The number of nitrogens with zero attached hydrogens (tertiary/aromatic N) is 3. The zero-order chi connectivity index (χ0) is 38.2. The van der Waals surface area contributed by atoms with Gasteiger partial charge in [-0.3, -0.25) is 4.98 Å². The van der Waals surface area contributed by atoms with E-state index in [4.69, 9.17) is 9.97 Å². The van der Waals surface area contributed by atoms with Gasteiger partial charge in [0.05, 0.1) is 11.4 Å². The first kappa shape index (κ1) is 32.5. The number of hydrogen-bond donors (Lipinski definition) is 0. The molecule has 2 aromatic heterocycles. The number of pyridine rings is 1. The van der Waals surface area contributed by atoms with Crippen LogP contribution in [0.5, 0.6) is 0 Å². The van der Waals surface area contributed by atoms with Crippen molar-refractivity contribution in [2.45, 2.75) is 0 Å². The summed E-state index contributed by atoms with van der Waals surface area (Å²) in [7, 11) is 0. The zero-order valence-corrected chi connectivity index (χ0v) is 31.4. The van der Waals surface area contributed by atoms with Crippen LogP contribution in [-0.4, -0.2) is 15.0 Å². The van der Waals surface area contributed by atoms with Crippen LogP contribution in [0.15, 0.2) is 200 Å². The van der Waals surface area contributed by atoms with Crippen molar-refractivity contribution < 1.29 is 0 Å². The molecule has 0 spiro atoms. The van der Waals surface area contributed by atoms with Gasteiger partial charge in [0.15, 0.2) is 5.82 Å². The lowest BCUT2D eigenvalue weighted by molar-refractivity contribution is 1.18. The second kappa shape index (κ2) is 12.9. The molecule has 2 heterocycles. The Balaban J connectivity index is 1.04. The third-order valence-electron chi connectivity index (χ3n) is 11.8. The maximum Gasteiger partial charge on any atom is 0.160 e. The van der Waals surface area contributed by atoms with Crippen molar-refractivity contribution >= 4 is 64.6 Å². The van der Waals surface area contributed by atoms with Crippen LogP contribution in [0.4, 0.5) is 0 Å². The smallest absolute Gasteiger partial charge is 0.160 e. The highest BCUT2D eigenvalue weighted by Gasteiger charge is 2.17. The third kappa shape index (κ3) is 5.18. The molecule has 0 unspecified atom stereocenters. The molecule has 0 aliphatic heterocycles. The topological polar surface area (TPSA) is 38.7 Å². The molecular weight excluding hydrogens is 703 g/mol. The highest BCUT2D eigenvalue weighted by Crippen LogP contribution is 2.44. The van der Waals surface area contributed by atoms with Crippen LogP contribution in [0.25, 0.3) is 121 Å². The summed E-state index contributed by atoms with van der Waals surface area (Å²) in [5.41, 5.74) is 9.29. The average molecular weight is 736 g/mol. The van der Waals surface area contributed by atoms with Gasteiger partial charge >= 0.3 is 0 Å². The molecule has 0 N–H and O–H groups in total. The molecule has 10 aromatic carbocycles. The lowest BCUT2D eigenvalue weighted by Crippen LogP contribution is -1.96. The molecule has 0 aliphatic rings. The lowest BCUT2D eigenvalue weighted by Gasteiger charge is -2.17. The van der Waals surface area contributed by atoms with E-state index in [1.165, 1.54) is 70.2 Å². The van der Waals surface area contributed by atoms with Crippen LogP contribution < -0.4 is 0 Å². The summed E-state index contributed by atoms with van der Waals surface area (Å²) >= 11 is 0. The van der Waals surface area contributed by atoms with Gasteiger partial charge in [-0.25, -0.2) is 9.97 Å². The number of rotatable bonds is 5. The van der Waals surface area contributed by atoms with Crippen molar-refractivity contribution in [3.8, 4) is 56.2 Å². The Hall–Kier alpha value is -7.75. The second-order valence-corrected chi connectivity index (χ2v) is 15.2. The monoisotopic (exact) mass is 735 g/mol. The van der Waals surface area contributed by atoms with E-state index in [1.807, 2.05) is 30.5 Å². The van der Waals surface area contributed by atoms with E-state index in [0.717, 1.165) is 44.8 Å². The Morgan fingerprint density at radius 1 is 0.276 bits per heavy atom. The standard InChI is InChI=1S/C55H33N3/c1-2-9-39(10-3-1)55-57-49(32-50(58-55)41-15-4-14-40(29-41)43-16-8-28-56-33-43)35-22-20-34(21-23-35)44-30-42-27-26-38-12-6-18-46-45-17-5-11-36-24-25-37-13-7-19-47(53(37)51(36)45)48(31-44)54(42)52(38)46/h1-33H. The maximum absolute atomic E-state index is 5.14. The Morgan fingerprint density at radius 3 is 1.47 bits per heavy atom. The summed E-state index contributed by atoms with van der Waals surface area (Å²) in [5.74, 6) is 0.696. The summed E-state index contributed by atoms with van der Waals surface area (Å²) < 4.78 is 0. The first-order chi connectivity index (χ1) is 28.7. The van der Waals surface area contributed by atoms with Crippen molar-refractivity contribution in [2.75, 3.05) is 0 Å². The maximum atomic E-state index is 5.14. The summed E-state index contributed by atoms with van der Waals surface area (Å²) in [5, 5.41) is 15.4. The SMILES string of the molecule is c1ccc(-c2nc(-c3ccc(-c4cc5ccc6cccc7c8cccc9ccc%10cccc(c(c4)c5c67)c%10c98)cc3)cc(-c3cccc(-c4cccnc4)c3)n2)cc1. The summed E-state index contributed by atoms with van der Waals surface area (Å²) in [6, 6.07) is 68.0. The van der Waals surface area contributed by atoms with Crippen molar-refractivity contribution in [1.82, 2.24) is 15.0 Å². The molecular formula is C55H33N3. The van der Waals surface area contributed by atoms with E-state index in [1.54, 1.807) is 6.20 Å². The molecule has 0 aliphatic carbocycles. The Kier molecular flexibility index (Phi) is 7.23. The molecule has 0 fully saturated rings. The predicted octanol–water partition coefficient (Wildman–Crippen LogP) is 14.6. The molecule has 0 radical (unpaired) electrons. The third-order valence-corrected chi connectivity index (χ3v) is 11.8. The molecule has 3 heteroatoms. The van der Waals surface area contributed by atoms with Gasteiger partial charge in [0, 0.05) is 34.6 Å². The quantitative estimate of drug-likeness (QED) is 0.165. The minimum Gasteiger partial charge on any atom is -0.264 e. The van der Waals surface area contributed by atoms with Crippen LogP contribution in [-0.2, 0) is 0 Å². The molecule has 268 valence electrons. The molecule has 12 rings (SSSR count). The highest BCUT2D eigenvalue weighted by atomic mass is 14.9.